The van der Waals surface area contributed by atoms with Crippen molar-refractivity contribution >= 4 is 17.4 Å². The molecule has 6 heteroatoms. The van der Waals surface area contributed by atoms with Crippen LogP contribution in [-0.2, 0) is 11.3 Å². The highest BCUT2D eigenvalue weighted by molar-refractivity contribution is 6.01. The third-order valence-electron chi connectivity index (χ3n) is 4.01. The lowest BCUT2D eigenvalue weighted by molar-refractivity contribution is -0.121. The SMILES string of the molecule is CCN1C(=O)COc2ccc(C(=O)Cn3ccc(C)cc3=O)cc21. The molecule has 0 saturated carbocycles. The number of fused-ring (bicyclic) bond motifs is 1. The molecule has 0 N–H and O–H groups in total. The Morgan fingerprint density at radius 3 is 2.71 bits per heavy atom. The second-order valence-corrected chi connectivity index (χ2v) is 5.70. The number of pyridine rings is 1. The summed E-state index contributed by atoms with van der Waals surface area (Å²) in [4.78, 5) is 37.9. The zero-order valence-corrected chi connectivity index (χ0v) is 13.6. The number of hydrogen-bond donors (Lipinski definition) is 0. The van der Waals surface area contributed by atoms with Crippen molar-refractivity contribution in [3.63, 3.8) is 0 Å². The van der Waals surface area contributed by atoms with Crippen LogP contribution in [0.2, 0.25) is 0 Å². The fraction of sp³-hybridized carbons (Fsp3) is 0.278. The van der Waals surface area contributed by atoms with Gasteiger partial charge >= 0.3 is 0 Å². The van der Waals surface area contributed by atoms with E-state index in [0.717, 1.165) is 5.56 Å². The van der Waals surface area contributed by atoms with Gasteiger partial charge in [-0.25, -0.2) is 0 Å². The minimum absolute atomic E-state index is 0.00684. The van der Waals surface area contributed by atoms with Gasteiger partial charge in [-0.3, -0.25) is 14.4 Å². The number of aromatic nitrogens is 1. The van der Waals surface area contributed by atoms with E-state index >= 15 is 0 Å². The van der Waals surface area contributed by atoms with Crippen LogP contribution in [0.5, 0.6) is 5.75 Å². The number of Topliss-reactive ketones (excluding diaryl/α,β-unsaturated/α-hetero) is 1. The van der Waals surface area contributed by atoms with E-state index < -0.39 is 0 Å². The Morgan fingerprint density at radius 1 is 1.21 bits per heavy atom. The lowest BCUT2D eigenvalue weighted by Crippen LogP contribution is -2.38. The zero-order valence-electron chi connectivity index (χ0n) is 13.6. The first kappa shape index (κ1) is 16.0. The van der Waals surface area contributed by atoms with Crippen molar-refractivity contribution < 1.29 is 14.3 Å². The molecule has 0 fully saturated rings. The van der Waals surface area contributed by atoms with Gasteiger partial charge in [0, 0.05) is 24.4 Å². The van der Waals surface area contributed by atoms with Crippen molar-refractivity contribution in [3.8, 4) is 5.75 Å². The maximum atomic E-state index is 12.5. The molecular weight excluding hydrogens is 308 g/mol. The number of ketones is 1. The Labute approximate surface area is 139 Å². The summed E-state index contributed by atoms with van der Waals surface area (Å²) in [7, 11) is 0. The smallest absolute Gasteiger partial charge is 0.265 e. The van der Waals surface area contributed by atoms with Crippen molar-refractivity contribution in [2.75, 3.05) is 18.1 Å². The van der Waals surface area contributed by atoms with Crippen molar-refractivity contribution in [2.45, 2.75) is 20.4 Å². The summed E-state index contributed by atoms with van der Waals surface area (Å²) >= 11 is 0. The molecule has 1 aromatic heterocycles. The third kappa shape index (κ3) is 2.95. The number of nitrogens with zero attached hydrogens (tertiary/aromatic N) is 2. The minimum atomic E-state index is -0.213. The molecule has 2 aromatic rings. The largest absolute Gasteiger partial charge is 0.482 e. The maximum absolute atomic E-state index is 12.5. The summed E-state index contributed by atoms with van der Waals surface area (Å²) in [6, 6.07) is 8.27. The molecule has 2 heterocycles. The molecule has 0 bridgehead atoms. The summed E-state index contributed by atoms with van der Waals surface area (Å²) in [6.07, 6.45) is 1.61. The van der Waals surface area contributed by atoms with Crippen molar-refractivity contribution in [3.05, 3.63) is 58.0 Å². The van der Waals surface area contributed by atoms with Crippen LogP contribution in [0, 0.1) is 6.92 Å². The first-order chi connectivity index (χ1) is 11.5. The number of anilines is 1. The van der Waals surface area contributed by atoms with E-state index in [4.69, 9.17) is 4.74 Å². The molecule has 0 saturated heterocycles. The van der Waals surface area contributed by atoms with Crippen molar-refractivity contribution in [1.29, 1.82) is 0 Å². The van der Waals surface area contributed by atoms with Gasteiger partial charge in [0.2, 0.25) is 0 Å². The number of hydrogen-bond acceptors (Lipinski definition) is 4. The van der Waals surface area contributed by atoms with Gasteiger partial charge in [0.15, 0.2) is 12.4 Å². The van der Waals surface area contributed by atoms with Crippen LogP contribution < -0.4 is 15.2 Å². The van der Waals surface area contributed by atoms with Crippen LogP contribution in [0.4, 0.5) is 5.69 Å². The summed E-state index contributed by atoms with van der Waals surface area (Å²) in [5, 5.41) is 0. The first-order valence-corrected chi connectivity index (χ1v) is 7.77. The Balaban J connectivity index is 1.90. The lowest BCUT2D eigenvalue weighted by Gasteiger charge is -2.28. The van der Waals surface area contributed by atoms with Gasteiger partial charge in [0.05, 0.1) is 12.2 Å². The molecule has 1 aromatic carbocycles. The number of carbonyl (C=O) groups is 2. The van der Waals surface area contributed by atoms with Gasteiger partial charge in [0.1, 0.15) is 5.75 Å². The summed E-state index contributed by atoms with van der Waals surface area (Å²) < 4.78 is 6.76. The zero-order chi connectivity index (χ0) is 17.3. The van der Waals surface area contributed by atoms with Gasteiger partial charge in [-0.15, -0.1) is 0 Å². The Bertz CT molecular complexity index is 870. The van der Waals surface area contributed by atoms with Crippen LogP contribution in [-0.4, -0.2) is 29.4 Å². The van der Waals surface area contributed by atoms with Crippen LogP contribution in [0.25, 0.3) is 0 Å². The molecule has 124 valence electrons. The Kier molecular flexibility index (Phi) is 4.20. The first-order valence-electron chi connectivity index (χ1n) is 7.77. The van der Waals surface area contributed by atoms with Crippen LogP contribution >= 0.6 is 0 Å². The molecule has 0 atom stereocenters. The summed E-state index contributed by atoms with van der Waals surface area (Å²) in [5.74, 6) is 0.252. The molecule has 1 aliphatic rings. The molecule has 0 unspecified atom stereocenters. The topological polar surface area (TPSA) is 68.6 Å². The lowest BCUT2D eigenvalue weighted by atomic mass is 10.1. The fourth-order valence-electron chi connectivity index (χ4n) is 2.71. The molecule has 1 aliphatic heterocycles. The molecule has 24 heavy (non-hydrogen) atoms. The Hall–Kier alpha value is -2.89. The third-order valence-corrected chi connectivity index (χ3v) is 4.01. The molecule has 1 amide bonds. The molecule has 6 nitrogen and oxygen atoms in total. The normalized spacial score (nSPS) is 13.4. The van der Waals surface area contributed by atoms with Crippen molar-refractivity contribution in [2.24, 2.45) is 0 Å². The quantitative estimate of drug-likeness (QED) is 0.803. The van der Waals surface area contributed by atoms with Gasteiger partial charge in [-0.05, 0) is 43.7 Å². The average Bonchev–Trinajstić information content (AvgIpc) is 2.56. The molecular formula is C18H18N2O4. The number of aryl methyl sites for hydroxylation is 1. The average molecular weight is 326 g/mol. The number of amides is 1. The van der Waals surface area contributed by atoms with Crippen LogP contribution in [0.3, 0.4) is 0 Å². The van der Waals surface area contributed by atoms with Gasteiger partial charge < -0.3 is 14.2 Å². The minimum Gasteiger partial charge on any atom is -0.482 e. The predicted octanol–water partition coefficient (Wildman–Crippen LogP) is 1.78. The highest BCUT2D eigenvalue weighted by Crippen LogP contribution is 2.32. The van der Waals surface area contributed by atoms with Gasteiger partial charge in [-0.2, -0.15) is 0 Å². The molecule has 0 aliphatic carbocycles. The highest BCUT2D eigenvalue weighted by atomic mass is 16.5. The van der Waals surface area contributed by atoms with Crippen LogP contribution in [0.15, 0.2) is 41.3 Å². The second-order valence-electron chi connectivity index (χ2n) is 5.70. The van der Waals surface area contributed by atoms with E-state index in [2.05, 4.69) is 0 Å². The summed E-state index contributed by atoms with van der Waals surface area (Å²) in [6.45, 7) is 4.16. The summed E-state index contributed by atoms with van der Waals surface area (Å²) in [5.41, 5.74) is 1.68. The molecule has 3 rings (SSSR count). The predicted molar refractivity (Wildman–Crippen MR) is 89.7 cm³/mol. The van der Waals surface area contributed by atoms with E-state index in [1.807, 2.05) is 13.8 Å². The number of ether oxygens (including phenoxy) is 1. The van der Waals surface area contributed by atoms with E-state index in [0.29, 0.717) is 23.5 Å². The number of benzene rings is 1. The fourth-order valence-corrected chi connectivity index (χ4v) is 2.71. The number of rotatable bonds is 4. The van der Waals surface area contributed by atoms with E-state index in [1.54, 1.807) is 35.4 Å². The number of likely N-dealkylation sites (N-methyl/N-ethyl adjacent to an activating group) is 1. The number of carbonyl (C=O) groups excluding carboxylic acids is 2. The standard InChI is InChI=1S/C18H18N2O4/c1-3-20-14-9-13(4-5-16(14)24-11-18(20)23)15(21)10-19-7-6-12(2)8-17(19)22/h4-9H,3,10-11H2,1-2H3. The van der Waals surface area contributed by atoms with Crippen LogP contribution in [0.1, 0.15) is 22.8 Å². The monoisotopic (exact) mass is 326 g/mol. The van der Waals surface area contributed by atoms with E-state index in [-0.39, 0.29) is 30.4 Å². The maximum Gasteiger partial charge on any atom is 0.265 e. The van der Waals surface area contributed by atoms with Crippen molar-refractivity contribution in [1.82, 2.24) is 4.57 Å². The molecule has 0 radical (unpaired) electrons. The van der Waals surface area contributed by atoms with Gasteiger partial charge in [0.25, 0.3) is 11.5 Å². The van der Waals surface area contributed by atoms with E-state index in [9.17, 15) is 14.4 Å². The van der Waals surface area contributed by atoms with E-state index in [1.165, 1.54) is 10.6 Å². The molecule has 0 spiro atoms. The highest BCUT2D eigenvalue weighted by Gasteiger charge is 2.25. The van der Waals surface area contributed by atoms with Gasteiger partial charge in [-0.1, -0.05) is 0 Å². The Morgan fingerprint density at radius 2 is 2.00 bits per heavy atom. The second kappa shape index (κ2) is 6.31.